The standard InChI is InChI=1S/C15H15ClFNO/c1-10(18)12-5-6-15(14(17)8-12)19-9-11-3-2-4-13(16)7-11/h2-8,10H,9,18H2,1H3/t10-/m1/s1. The fourth-order valence-corrected chi connectivity index (χ4v) is 1.92. The Hall–Kier alpha value is -1.58. The summed E-state index contributed by atoms with van der Waals surface area (Å²) >= 11 is 5.87. The molecule has 0 heterocycles. The number of rotatable bonds is 4. The van der Waals surface area contributed by atoms with Gasteiger partial charge in [0.05, 0.1) is 0 Å². The maximum atomic E-state index is 13.8. The third kappa shape index (κ3) is 3.69. The van der Waals surface area contributed by atoms with E-state index in [1.165, 1.54) is 6.07 Å². The van der Waals surface area contributed by atoms with E-state index >= 15 is 0 Å². The van der Waals surface area contributed by atoms with Crippen molar-refractivity contribution in [3.05, 3.63) is 64.4 Å². The minimum Gasteiger partial charge on any atom is -0.486 e. The van der Waals surface area contributed by atoms with Crippen LogP contribution >= 0.6 is 11.6 Å². The van der Waals surface area contributed by atoms with E-state index in [0.29, 0.717) is 5.02 Å². The molecule has 2 aromatic carbocycles. The molecule has 0 aliphatic carbocycles. The summed E-state index contributed by atoms with van der Waals surface area (Å²) in [6.45, 7) is 2.08. The molecule has 0 bridgehead atoms. The third-order valence-corrected chi connectivity index (χ3v) is 3.00. The predicted octanol–water partition coefficient (Wildman–Crippen LogP) is 4.08. The molecule has 2 N–H and O–H groups in total. The SMILES string of the molecule is C[C@@H](N)c1ccc(OCc2cccc(Cl)c2)c(F)c1. The number of hydrogen-bond donors (Lipinski definition) is 1. The first-order valence-electron chi connectivity index (χ1n) is 5.98. The molecule has 0 fully saturated rings. The molecule has 2 rings (SSSR count). The van der Waals surface area contributed by atoms with Crippen molar-refractivity contribution in [1.29, 1.82) is 0 Å². The number of nitrogens with two attached hydrogens (primary N) is 1. The summed E-state index contributed by atoms with van der Waals surface area (Å²) in [4.78, 5) is 0. The van der Waals surface area contributed by atoms with Gasteiger partial charge in [0.15, 0.2) is 11.6 Å². The topological polar surface area (TPSA) is 35.2 Å². The second kappa shape index (κ2) is 6.04. The Morgan fingerprint density at radius 2 is 2.05 bits per heavy atom. The van der Waals surface area contributed by atoms with Crippen LogP contribution in [0.15, 0.2) is 42.5 Å². The normalized spacial score (nSPS) is 12.2. The fourth-order valence-electron chi connectivity index (χ4n) is 1.71. The molecule has 100 valence electrons. The van der Waals surface area contributed by atoms with Crippen molar-refractivity contribution in [3.8, 4) is 5.75 Å². The first-order valence-corrected chi connectivity index (χ1v) is 6.36. The van der Waals surface area contributed by atoms with Gasteiger partial charge in [0.1, 0.15) is 6.61 Å². The van der Waals surface area contributed by atoms with E-state index in [4.69, 9.17) is 22.1 Å². The monoisotopic (exact) mass is 279 g/mol. The van der Waals surface area contributed by atoms with Gasteiger partial charge in [-0.05, 0) is 42.3 Å². The van der Waals surface area contributed by atoms with Crippen LogP contribution in [0.1, 0.15) is 24.1 Å². The van der Waals surface area contributed by atoms with Gasteiger partial charge in [-0.1, -0.05) is 29.8 Å². The van der Waals surface area contributed by atoms with E-state index in [-0.39, 0.29) is 18.4 Å². The lowest BCUT2D eigenvalue weighted by atomic mass is 10.1. The molecular formula is C15H15ClFNO. The molecular weight excluding hydrogens is 265 g/mol. The number of ether oxygens (including phenoxy) is 1. The van der Waals surface area contributed by atoms with Gasteiger partial charge in [-0.3, -0.25) is 0 Å². The highest BCUT2D eigenvalue weighted by molar-refractivity contribution is 6.30. The van der Waals surface area contributed by atoms with Crippen LogP contribution in [0.5, 0.6) is 5.75 Å². The Balaban J connectivity index is 2.07. The molecule has 0 spiro atoms. The summed E-state index contributed by atoms with van der Waals surface area (Å²) in [6.07, 6.45) is 0. The Bertz CT molecular complexity index is 572. The van der Waals surface area contributed by atoms with Crippen molar-refractivity contribution in [2.24, 2.45) is 5.73 Å². The number of benzene rings is 2. The summed E-state index contributed by atoms with van der Waals surface area (Å²) in [5.41, 5.74) is 7.33. The van der Waals surface area contributed by atoms with E-state index in [2.05, 4.69) is 0 Å². The predicted molar refractivity (Wildman–Crippen MR) is 74.8 cm³/mol. The van der Waals surface area contributed by atoms with Crippen LogP contribution in [-0.4, -0.2) is 0 Å². The molecule has 19 heavy (non-hydrogen) atoms. The zero-order valence-corrected chi connectivity index (χ0v) is 11.3. The zero-order valence-electron chi connectivity index (χ0n) is 10.6. The van der Waals surface area contributed by atoms with Gasteiger partial charge >= 0.3 is 0 Å². The Kier molecular flexibility index (Phi) is 4.40. The first kappa shape index (κ1) is 13.8. The Morgan fingerprint density at radius 1 is 1.26 bits per heavy atom. The van der Waals surface area contributed by atoms with Crippen molar-refractivity contribution in [2.75, 3.05) is 0 Å². The summed E-state index contributed by atoms with van der Waals surface area (Å²) in [5.74, 6) is -0.193. The maximum Gasteiger partial charge on any atom is 0.165 e. The van der Waals surface area contributed by atoms with E-state index in [1.807, 2.05) is 12.1 Å². The molecule has 2 nitrogen and oxygen atoms in total. The van der Waals surface area contributed by atoms with E-state index in [9.17, 15) is 4.39 Å². The van der Waals surface area contributed by atoms with Crippen molar-refractivity contribution < 1.29 is 9.13 Å². The van der Waals surface area contributed by atoms with Crippen LogP contribution in [0.2, 0.25) is 5.02 Å². The minimum absolute atomic E-state index is 0.198. The largest absolute Gasteiger partial charge is 0.486 e. The molecule has 0 radical (unpaired) electrons. The van der Waals surface area contributed by atoms with E-state index < -0.39 is 5.82 Å². The van der Waals surface area contributed by atoms with Gasteiger partial charge < -0.3 is 10.5 Å². The second-order valence-corrected chi connectivity index (χ2v) is 4.83. The van der Waals surface area contributed by atoms with Gasteiger partial charge in [-0.2, -0.15) is 0 Å². The molecule has 0 unspecified atom stereocenters. The number of halogens is 2. The molecule has 1 atom stereocenters. The molecule has 4 heteroatoms. The zero-order chi connectivity index (χ0) is 13.8. The van der Waals surface area contributed by atoms with Crippen LogP contribution in [0.4, 0.5) is 4.39 Å². The van der Waals surface area contributed by atoms with Crippen molar-refractivity contribution in [1.82, 2.24) is 0 Å². The molecule has 0 aromatic heterocycles. The van der Waals surface area contributed by atoms with E-state index in [0.717, 1.165) is 11.1 Å². The fraction of sp³-hybridized carbons (Fsp3) is 0.200. The first-order chi connectivity index (χ1) is 9.06. The molecule has 2 aromatic rings. The smallest absolute Gasteiger partial charge is 0.165 e. The summed E-state index contributed by atoms with van der Waals surface area (Å²) in [5, 5.41) is 0.633. The van der Waals surface area contributed by atoms with Gasteiger partial charge in [0.2, 0.25) is 0 Å². The van der Waals surface area contributed by atoms with Crippen molar-refractivity contribution in [2.45, 2.75) is 19.6 Å². The quantitative estimate of drug-likeness (QED) is 0.915. The van der Waals surface area contributed by atoms with Crippen LogP contribution in [0.3, 0.4) is 0 Å². The van der Waals surface area contributed by atoms with Gasteiger partial charge in [-0.25, -0.2) is 4.39 Å². The Morgan fingerprint density at radius 3 is 2.68 bits per heavy atom. The summed E-state index contributed by atoms with van der Waals surface area (Å²) < 4.78 is 19.2. The van der Waals surface area contributed by atoms with Gasteiger partial charge in [0, 0.05) is 11.1 Å². The van der Waals surface area contributed by atoms with Gasteiger partial charge in [0.25, 0.3) is 0 Å². The molecule has 0 aliphatic rings. The third-order valence-electron chi connectivity index (χ3n) is 2.77. The van der Waals surface area contributed by atoms with E-state index in [1.54, 1.807) is 31.2 Å². The van der Waals surface area contributed by atoms with Crippen LogP contribution in [-0.2, 0) is 6.61 Å². The van der Waals surface area contributed by atoms with Crippen LogP contribution in [0.25, 0.3) is 0 Å². The lowest BCUT2D eigenvalue weighted by Crippen LogP contribution is -2.06. The average Bonchev–Trinajstić information content (AvgIpc) is 2.37. The number of hydrogen-bond acceptors (Lipinski definition) is 2. The maximum absolute atomic E-state index is 13.8. The van der Waals surface area contributed by atoms with Crippen LogP contribution in [0, 0.1) is 5.82 Å². The lowest BCUT2D eigenvalue weighted by Gasteiger charge is -2.10. The highest BCUT2D eigenvalue weighted by atomic mass is 35.5. The van der Waals surface area contributed by atoms with Crippen molar-refractivity contribution >= 4 is 11.6 Å². The molecule has 0 saturated carbocycles. The minimum atomic E-state index is -0.406. The summed E-state index contributed by atoms with van der Waals surface area (Å²) in [6, 6.07) is 11.8. The van der Waals surface area contributed by atoms with Gasteiger partial charge in [-0.15, -0.1) is 0 Å². The Labute approximate surface area is 117 Å². The lowest BCUT2D eigenvalue weighted by molar-refractivity contribution is 0.290. The highest BCUT2D eigenvalue weighted by Gasteiger charge is 2.07. The second-order valence-electron chi connectivity index (χ2n) is 4.40. The average molecular weight is 280 g/mol. The summed E-state index contributed by atoms with van der Waals surface area (Å²) in [7, 11) is 0. The molecule has 0 amide bonds. The molecule has 0 saturated heterocycles. The molecule has 0 aliphatic heterocycles. The van der Waals surface area contributed by atoms with Crippen LogP contribution < -0.4 is 10.5 Å². The highest BCUT2D eigenvalue weighted by Crippen LogP contribution is 2.22. The van der Waals surface area contributed by atoms with Crippen molar-refractivity contribution in [3.63, 3.8) is 0 Å².